The van der Waals surface area contributed by atoms with Crippen LogP contribution in [0.2, 0.25) is 0 Å². The van der Waals surface area contributed by atoms with E-state index in [0.29, 0.717) is 35.0 Å². The number of nitro groups is 1. The molecule has 0 spiro atoms. The molecule has 3 rings (SSSR count). The highest BCUT2D eigenvalue weighted by atomic mass is 16.7. The fraction of sp³-hybridized carbons (Fsp3) is 0.300. The van der Waals surface area contributed by atoms with Gasteiger partial charge in [0.05, 0.1) is 25.4 Å². The third-order valence-electron chi connectivity index (χ3n) is 4.48. The second kappa shape index (κ2) is 9.12. The number of ether oxygens (including phenoxy) is 4. The minimum absolute atomic E-state index is 0.0467. The normalized spacial score (nSPS) is 12.1. The molecule has 0 aliphatic carbocycles. The van der Waals surface area contributed by atoms with Crippen molar-refractivity contribution in [1.82, 2.24) is 5.43 Å². The largest absolute Gasteiger partial charge is 0.492 e. The third kappa shape index (κ3) is 3.97. The van der Waals surface area contributed by atoms with Crippen molar-refractivity contribution in [2.24, 2.45) is 5.10 Å². The van der Waals surface area contributed by atoms with Crippen LogP contribution in [-0.2, 0) is 6.42 Å². The number of non-ortho nitro benzene ring substituents is 1. The first-order chi connectivity index (χ1) is 14.5. The van der Waals surface area contributed by atoms with Crippen molar-refractivity contribution in [3.63, 3.8) is 0 Å². The topological polar surface area (TPSA) is 122 Å². The maximum absolute atomic E-state index is 12.3. The van der Waals surface area contributed by atoms with Gasteiger partial charge in [0.15, 0.2) is 11.5 Å². The molecule has 0 atom stereocenters. The molecule has 0 saturated carbocycles. The Balaban J connectivity index is 1.90. The predicted octanol–water partition coefficient (Wildman–Crippen LogP) is 3.06. The van der Waals surface area contributed by atoms with Crippen molar-refractivity contribution >= 4 is 17.8 Å². The standard InChI is InChI=1S/C20H21N3O7/c1-4-5-14-15(17(28-3)19-18(16(14)27-2)29-11-30-19)10-21-22-20(24)12-6-8-13(9-7-12)23(25)26/h6-10H,4-5,11H2,1-3H3,(H,22,24)/b21-10+. The summed E-state index contributed by atoms with van der Waals surface area (Å²) in [5, 5.41) is 14.8. The lowest BCUT2D eigenvalue weighted by Crippen LogP contribution is -2.17. The number of rotatable bonds is 8. The van der Waals surface area contributed by atoms with Gasteiger partial charge in [-0.15, -0.1) is 0 Å². The van der Waals surface area contributed by atoms with Crippen molar-refractivity contribution < 1.29 is 28.7 Å². The lowest BCUT2D eigenvalue weighted by Gasteiger charge is -2.17. The van der Waals surface area contributed by atoms with Crippen molar-refractivity contribution in [1.29, 1.82) is 0 Å². The van der Waals surface area contributed by atoms with Crippen molar-refractivity contribution in [2.45, 2.75) is 19.8 Å². The van der Waals surface area contributed by atoms with Crippen molar-refractivity contribution in [2.75, 3.05) is 21.0 Å². The van der Waals surface area contributed by atoms with Gasteiger partial charge >= 0.3 is 0 Å². The van der Waals surface area contributed by atoms with Gasteiger partial charge in [0.1, 0.15) is 0 Å². The number of benzene rings is 2. The number of nitro benzene ring substituents is 1. The minimum Gasteiger partial charge on any atom is -0.492 e. The lowest BCUT2D eigenvalue weighted by atomic mass is 10.00. The van der Waals surface area contributed by atoms with Crippen molar-refractivity contribution in [3.8, 4) is 23.0 Å². The number of carbonyl (C=O) groups is 1. The van der Waals surface area contributed by atoms with Gasteiger partial charge in [0.2, 0.25) is 18.3 Å². The van der Waals surface area contributed by atoms with Gasteiger partial charge in [-0.3, -0.25) is 14.9 Å². The molecule has 0 radical (unpaired) electrons. The number of fused-ring (bicyclic) bond motifs is 1. The zero-order valence-electron chi connectivity index (χ0n) is 16.8. The lowest BCUT2D eigenvalue weighted by molar-refractivity contribution is -0.384. The minimum atomic E-state index is -0.533. The van der Waals surface area contributed by atoms with Gasteiger partial charge in [0.25, 0.3) is 11.6 Å². The van der Waals surface area contributed by atoms with Crippen LogP contribution in [0.4, 0.5) is 5.69 Å². The third-order valence-corrected chi connectivity index (χ3v) is 4.48. The van der Waals surface area contributed by atoms with E-state index in [1.807, 2.05) is 6.92 Å². The Morgan fingerprint density at radius 1 is 1.20 bits per heavy atom. The van der Waals surface area contributed by atoms with E-state index in [1.54, 1.807) is 7.11 Å². The molecule has 0 aromatic heterocycles. The first-order valence-electron chi connectivity index (χ1n) is 9.16. The molecule has 1 amide bonds. The highest BCUT2D eigenvalue weighted by molar-refractivity contribution is 5.96. The van der Waals surface area contributed by atoms with Crippen LogP contribution in [-0.4, -0.2) is 38.1 Å². The molecule has 1 heterocycles. The van der Waals surface area contributed by atoms with Gasteiger partial charge in [-0.1, -0.05) is 13.3 Å². The molecule has 30 heavy (non-hydrogen) atoms. The summed E-state index contributed by atoms with van der Waals surface area (Å²) in [5.41, 5.74) is 3.97. The molecular formula is C20H21N3O7. The van der Waals surface area contributed by atoms with Crippen LogP contribution in [0.5, 0.6) is 23.0 Å². The molecule has 1 aliphatic heterocycles. The van der Waals surface area contributed by atoms with Gasteiger partial charge in [-0.25, -0.2) is 5.43 Å². The number of nitrogens with zero attached hydrogens (tertiary/aromatic N) is 2. The van der Waals surface area contributed by atoms with Gasteiger partial charge in [-0.2, -0.15) is 5.10 Å². The summed E-state index contributed by atoms with van der Waals surface area (Å²) in [5.74, 6) is 1.35. The Hall–Kier alpha value is -3.82. The molecule has 2 aromatic rings. The molecule has 0 bridgehead atoms. The molecule has 10 heteroatoms. The number of methoxy groups -OCH3 is 2. The Morgan fingerprint density at radius 3 is 2.40 bits per heavy atom. The van der Waals surface area contributed by atoms with E-state index in [4.69, 9.17) is 18.9 Å². The first kappa shape index (κ1) is 20.9. The summed E-state index contributed by atoms with van der Waals surface area (Å²) in [4.78, 5) is 22.5. The van der Waals surface area contributed by atoms with E-state index in [9.17, 15) is 14.9 Å². The molecule has 10 nitrogen and oxygen atoms in total. The molecule has 0 fully saturated rings. The average molecular weight is 415 g/mol. The van der Waals surface area contributed by atoms with Crippen LogP contribution in [0.15, 0.2) is 29.4 Å². The Bertz CT molecular complexity index is 987. The molecule has 2 aromatic carbocycles. The second-order valence-corrected chi connectivity index (χ2v) is 6.28. The predicted molar refractivity (Wildman–Crippen MR) is 108 cm³/mol. The van der Waals surface area contributed by atoms with Crippen LogP contribution in [0, 0.1) is 10.1 Å². The molecule has 158 valence electrons. The Kier molecular flexibility index (Phi) is 6.35. The zero-order valence-corrected chi connectivity index (χ0v) is 16.8. The number of hydrogen-bond donors (Lipinski definition) is 1. The average Bonchev–Trinajstić information content (AvgIpc) is 3.23. The summed E-state index contributed by atoms with van der Waals surface area (Å²) < 4.78 is 22.1. The summed E-state index contributed by atoms with van der Waals surface area (Å²) in [6.45, 7) is 2.07. The highest BCUT2D eigenvalue weighted by Gasteiger charge is 2.30. The fourth-order valence-electron chi connectivity index (χ4n) is 3.14. The van der Waals surface area contributed by atoms with Crippen LogP contribution < -0.4 is 24.4 Å². The maximum atomic E-state index is 12.3. The maximum Gasteiger partial charge on any atom is 0.271 e. The highest BCUT2D eigenvalue weighted by Crippen LogP contribution is 2.51. The Morgan fingerprint density at radius 2 is 1.83 bits per heavy atom. The number of nitrogens with one attached hydrogen (secondary N) is 1. The quantitative estimate of drug-likeness (QED) is 0.399. The first-order valence-corrected chi connectivity index (χ1v) is 9.16. The molecule has 0 saturated heterocycles. The van der Waals surface area contributed by atoms with Crippen molar-refractivity contribution in [3.05, 3.63) is 51.1 Å². The second-order valence-electron chi connectivity index (χ2n) is 6.28. The van der Waals surface area contributed by atoms with E-state index in [-0.39, 0.29) is 18.0 Å². The molecule has 0 unspecified atom stereocenters. The van der Waals surface area contributed by atoms with Gasteiger partial charge < -0.3 is 18.9 Å². The molecule has 1 N–H and O–H groups in total. The van der Waals surface area contributed by atoms with E-state index in [0.717, 1.165) is 12.0 Å². The number of hydrogen-bond acceptors (Lipinski definition) is 8. The summed E-state index contributed by atoms with van der Waals surface area (Å²) in [7, 11) is 3.05. The van der Waals surface area contributed by atoms with Crippen LogP contribution in [0.1, 0.15) is 34.8 Å². The van der Waals surface area contributed by atoms with E-state index < -0.39 is 10.8 Å². The summed E-state index contributed by atoms with van der Waals surface area (Å²) in [6.07, 6.45) is 2.95. The number of hydrazone groups is 1. The van der Waals surface area contributed by atoms with Gasteiger partial charge in [0, 0.05) is 28.8 Å². The molecular weight excluding hydrogens is 394 g/mol. The smallest absolute Gasteiger partial charge is 0.271 e. The number of carbonyl (C=O) groups excluding carboxylic acids is 1. The Labute approximate surface area is 172 Å². The molecule has 1 aliphatic rings. The fourth-order valence-corrected chi connectivity index (χ4v) is 3.14. The number of amides is 1. The monoisotopic (exact) mass is 415 g/mol. The van der Waals surface area contributed by atoms with E-state index in [2.05, 4.69) is 10.5 Å². The van der Waals surface area contributed by atoms with E-state index >= 15 is 0 Å². The van der Waals surface area contributed by atoms with Crippen LogP contribution in [0.25, 0.3) is 0 Å². The zero-order chi connectivity index (χ0) is 21.7. The SMILES string of the molecule is CCCc1c(/C=N/NC(=O)c2ccc([N+](=O)[O-])cc2)c(OC)c2c(c1OC)OCO2. The summed E-state index contributed by atoms with van der Waals surface area (Å²) in [6, 6.07) is 5.22. The van der Waals surface area contributed by atoms with Crippen LogP contribution in [0.3, 0.4) is 0 Å². The van der Waals surface area contributed by atoms with Gasteiger partial charge in [-0.05, 0) is 18.6 Å². The van der Waals surface area contributed by atoms with E-state index in [1.165, 1.54) is 37.6 Å². The van der Waals surface area contributed by atoms with Crippen LogP contribution >= 0.6 is 0 Å². The summed E-state index contributed by atoms with van der Waals surface area (Å²) >= 11 is 0.